The smallest absolute Gasteiger partial charge is 0.222 e. The Bertz CT molecular complexity index is 770. The summed E-state index contributed by atoms with van der Waals surface area (Å²) >= 11 is 0. The molecule has 3 rings (SSSR count). The van der Waals surface area contributed by atoms with Crippen molar-refractivity contribution in [1.29, 1.82) is 0 Å². The first-order valence-electron chi connectivity index (χ1n) is 10.2. The van der Waals surface area contributed by atoms with Crippen LogP contribution >= 0.6 is 0 Å². The molecule has 29 heavy (non-hydrogen) atoms. The Morgan fingerprint density at radius 3 is 2.66 bits per heavy atom. The predicted octanol–water partition coefficient (Wildman–Crippen LogP) is 4.32. The minimum Gasteiger partial charge on any atom is -0.491 e. The van der Waals surface area contributed by atoms with Gasteiger partial charge >= 0.3 is 0 Å². The van der Waals surface area contributed by atoms with Gasteiger partial charge in [-0.15, -0.1) is 0 Å². The van der Waals surface area contributed by atoms with Crippen molar-refractivity contribution < 1.29 is 18.3 Å². The monoisotopic (exact) mass is 404 g/mol. The maximum atomic E-state index is 13.1. The fourth-order valence-electron chi connectivity index (χ4n) is 3.27. The van der Waals surface area contributed by atoms with Crippen molar-refractivity contribution in [3.8, 4) is 5.75 Å². The molecule has 0 saturated carbocycles. The average molecular weight is 405 g/mol. The van der Waals surface area contributed by atoms with Gasteiger partial charge in [0.05, 0.1) is 6.04 Å². The lowest BCUT2D eigenvalue weighted by molar-refractivity contribution is -0.132. The predicted molar refractivity (Wildman–Crippen MR) is 111 cm³/mol. The summed E-state index contributed by atoms with van der Waals surface area (Å²) < 4.78 is 31.2. The molecule has 0 unspecified atom stereocenters. The zero-order valence-electron chi connectivity index (χ0n) is 16.9. The van der Waals surface area contributed by atoms with Gasteiger partial charge in [0.25, 0.3) is 0 Å². The van der Waals surface area contributed by atoms with Crippen molar-refractivity contribution in [2.75, 3.05) is 19.7 Å². The van der Waals surface area contributed by atoms with Crippen molar-refractivity contribution in [1.82, 2.24) is 4.90 Å². The summed E-state index contributed by atoms with van der Waals surface area (Å²) in [5, 5.41) is 0. The molecular formula is C23H30F2N2O2. The summed E-state index contributed by atoms with van der Waals surface area (Å²) in [5.41, 5.74) is 6.22. The molecule has 4 nitrogen and oxygen atoms in total. The van der Waals surface area contributed by atoms with Crippen molar-refractivity contribution in [3.63, 3.8) is 0 Å². The number of carbonyl (C=O) groups is 1. The third kappa shape index (κ3) is 7.46. The van der Waals surface area contributed by atoms with Gasteiger partial charge in [0.1, 0.15) is 24.0 Å². The SMILES string of the molecule is CCc1ccccc1F.NCCCC(=O)N1CCC[C@H]1COc1cccc(F)c1. The van der Waals surface area contributed by atoms with Crippen molar-refractivity contribution in [3.05, 3.63) is 65.7 Å². The minimum atomic E-state index is -0.315. The van der Waals surface area contributed by atoms with E-state index in [0.29, 0.717) is 31.7 Å². The third-order valence-electron chi connectivity index (χ3n) is 4.87. The molecule has 0 aromatic heterocycles. The quantitative estimate of drug-likeness (QED) is 0.748. The van der Waals surface area contributed by atoms with Gasteiger partial charge in [-0.3, -0.25) is 4.79 Å². The molecule has 1 aliphatic heterocycles. The average Bonchev–Trinajstić information content (AvgIpc) is 3.20. The summed E-state index contributed by atoms with van der Waals surface area (Å²) in [5.74, 6) is 0.233. The van der Waals surface area contributed by atoms with Crippen LogP contribution in [0.5, 0.6) is 5.75 Å². The second-order valence-electron chi connectivity index (χ2n) is 6.99. The van der Waals surface area contributed by atoms with Crippen molar-refractivity contribution >= 4 is 5.91 Å². The molecule has 1 atom stereocenters. The summed E-state index contributed by atoms with van der Waals surface area (Å²) in [4.78, 5) is 13.9. The fraction of sp³-hybridized carbons (Fsp3) is 0.435. The summed E-state index contributed by atoms with van der Waals surface area (Å²) in [6.45, 7) is 3.67. The number of benzene rings is 2. The van der Waals surface area contributed by atoms with E-state index < -0.39 is 0 Å². The first-order chi connectivity index (χ1) is 14.0. The number of likely N-dealkylation sites (tertiary alicyclic amines) is 1. The van der Waals surface area contributed by atoms with Crippen LogP contribution < -0.4 is 10.5 Å². The highest BCUT2D eigenvalue weighted by Gasteiger charge is 2.28. The lowest BCUT2D eigenvalue weighted by Gasteiger charge is -2.24. The molecular weight excluding hydrogens is 374 g/mol. The number of aryl methyl sites for hydroxylation is 1. The maximum absolute atomic E-state index is 13.1. The number of nitrogens with two attached hydrogens (primary N) is 1. The van der Waals surface area contributed by atoms with Crippen LogP contribution in [-0.2, 0) is 11.2 Å². The van der Waals surface area contributed by atoms with Crippen LogP contribution in [0.4, 0.5) is 8.78 Å². The molecule has 1 amide bonds. The number of amides is 1. The van der Waals surface area contributed by atoms with E-state index in [1.54, 1.807) is 24.3 Å². The number of ether oxygens (including phenoxy) is 1. The van der Waals surface area contributed by atoms with E-state index in [0.717, 1.165) is 31.4 Å². The Hall–Kier alpha value is -2.47. The second kappa shape index (κ2) is 12.2. The molecule has 0 bridgehead atoms. The van der Waals surface area contributed by atoms with Gasteiger partial charge < -0.3 is 15.4 Å². The Morgan fingerprint density at radius 1 is 1.21 bits per heavy atom. The van der Waals surface area contributed by atoms with E-state index in [4.69, 9.17) is 10.5 Å². The number of carbonyl (C=O) groups excluding carboxylic acids is 1. The molecule has 2 N–H and O–H groups in total. The van der Waals surface area contributed by atoms with Gasteiger partial charge in [-0.2, -0.15) is 0 Å². The molecule has 1 heterocycles. The molecule has 1 aliphatic rings. The van der Waals surface area contributed by atoms with Crippen LogP contribution in [0.2, 0.25) is 0 Å². The van der Waals surface area contributed by atoms with Crippen LogP contribution in [0.15, 0.2) is 48.5 Å². The largest absolute Gasteiger partial charge is 0.491 e. The Balaban J connectivity index is 0.000000278. The highest BCUT2D eigenvalue weighted by Crippen LogP contribution is 2.20. The van der Waals surface area contributed by atoms with Crippen LogP contribution in [0, 0.1) is 11.6 Å². The lowest BCUT2D eigenvalue weighted by Crippen LogP contribution is -2.39. The number of halogens is 2. The molecule has 0 radical (unpaired) electrons. The Morgan fingerprint density at radius 2 is 2.00 bits per heavy atom. The highest BCUT2D eigenvalue weighted by molar-refractivity contribution is 5.76. The Labute approximate surface area is 171 Å². The number of nitrogens with zero attached hydrogens (tertiary/aromatic N) is 1. The topological polar surface area (TPSA) is 55.6 Å². The molecule has 0 aliphatic carbocycles. The first-order valence-corrected chi connectivity index (χ1v) is 10.2. The molecule has 0 spiro atoms. The van der Waals surface area contributed by atoms with Crippen LogP contribution in [0.1, 0.15) is 38.2 Å². The number of hydrogen-bond acceptors (Lipinski definition) is 3. The summed E-state index contributed by atoms with van der Waals surface area (Å²) in [6, 6.07) is 13.0. The zero-order valence-corrected chi connectivity index (χ0v) is 16.9. The normalized spacial score (nSPS) is 15.6. The molecule has 2 aromatic carbocycles. The molecule has 2 aromatic rings. The Kier molecular flexibility index (Phi) is 9.57. The zero-order chi connectivity index (χ0) is 21.1. The second-order valence-corrected chi connectivity index (χ2v) is 6.99. The maximum Gasteiger partial charge on any atom is 0.222 e. The number of hydrogen-bond donors (Lipinski definition) is 1. The van der Waals surface area contributed by atoms with Crippen LogP contribution in [0.3, 0.4) is 0 Å². The minimum absolute atomic E-state index is 0.0866. The van der Waals surface area contributed by atoms with Crippen molar-refractivity contribution in [2.24, 2.45) is 5.73 Å². The van der Waals surface area contributed by atoms with Gasteiger partial charge in [0, 0.05) is 19.0 Å². The molecule has 158 valence electrons. The van der Waals surface area contributed by atoms with Crippen molar-refractivity contribution in [2.45, 2.75) is 45.1 Å². The highest BCUT2D eigenvalue weighted by atomic mass is 19.1. The summed E-state index contributed by atoms with van der Waals surface area (Å²) in [6.07, 6.45) is 3.90. The van der Waals surface area contributed by atoms with E-state index in [2.05, 4.69) is 0 Å². The van der Waals surface area contributed by atoms with Gasteiger partial charge in [0.2, 0.25) is 5.91 Å². The van der Waals surface area contributed by atoms with Crippen LogP contribution in [0.25, 0.3) is 0 Å². The van der Waals surface area contributed by atoms with Crippen LogP contribution in [-0.4, -0.2) is 36.5 Å². The van der Waals surface area contributed by atoms with E-state index in [-0.39, 0.29) is 23.6 Å². The van der Waals surface area contributed by atoms with Gasteiger partial charge in [0.15, 0.2) is 0 Å². The third-order valence-corrected chi connectivity index (χ3v) is 4.87. The van der Waals surface area contributed by atoms with E-state index >= 15 is 0 Å². The lowest BCUT2D eigenvalue weighted by atomic mass is 10.2. The standard InChI is InChI=1S/C15H21FN2O2.C8H9F/c16-12-4-1-6-14(10-12)20-11-13-5-3-9-18(13)15(19)7-2-8-17;1-2-7-5-3-4-6-8(7)9/h1,4,6,10,13H,2-3,5,7-9,11,17H2;3-6H,2H2,1H3/t13-;/m0./s1. The van der Waals surface area contributed by atoms with E-state index in [1.165, 1.54) is 18.2 Å². The molecule has 1 fully saturated rings. The fourth-order valence-corrected chi connectivity index (χ4v) is 3.27. The van der Waals surface area contributed by atoms with E-state index in [1.807, 2.05) is 17.9 Å². The first kappa shape index (κ1) is 22.8. The summed E-state index contributed by atoms with van der Waals surface area (Å²) in [7, 11) is 0. The molecule has 6 heteroatoms. The number of rotatable bonds is 7. The van der Waals surface area contributed by atoms with Gasteiger partial charge in [-0.05, 0) is 56.0 Å². The molecule has 1 saturated heterocycles. The van der Waals surface area contributed by atoms with Gasteiger partial charge in [-0.1, -0.05) is 31.2 Å². The van der Waals surface area contributed by atoms with Gasteiger partial charge in [-0.25, -0.2) is 8.78 Å². The van der Waals surface area contributed by atoms with E-state index in [9.17, 15) is 13.6 Å².